The molecule has 7 heteroatoms. The molecular weight excluding hydrogens is 425 g/mol. The number of hydrogen-bond acceptors (Lipinski definition) is 3. The molecule has 1 atom stereocenters. The van der Waals surface area contributed by atoms with Crippen molar-refractivity contribution in [2.45, 2.75) is 45.4 Å². The lowest BCUT2D eigenvalue weighted by Gasteiger charge is -2.26. The Bertz CT molecular complexity index is 529. The summed E-state index contributed by atoms with van der Waals surface area (Å²) in [6.07, 6.45) is 7.54. The predicted octanol–water partition coefficient (Wildman–Crippen LogP) is 2.27. The molecule has 5 nitrogen and oxygen atoms in total. The molecule has 0 aromatic heterocycles. The third-order valence-corrected chi connectivity index (χ3v) is 7.40. The Labute approximate surface area is 157 Å². The van der Waals surface area contributed by atoms with Crippen LogP contribution in [0.25, 0.3) is 0 Å². The molecular formula is C16H30IN3O2S. The Balaban J connectivity index is 0.00000192. The van der Waals surface area contributed by atoms with E-state index in [9.17, 15) is 8.42 Å². The van der Waals surface area contributed by atoms with E-state index in [1.807, 2.05) is 0 Å². The molecule has 1 spiro atoms. The molecule has 1 saturated carbocycles. The molecule has 0 amide bonds. The van der Waals surface area contributed by atoms with Crippen LogP contribution in [-0.2, 0) is 9.84 Å². The topological polar surface area (TPSA) is 61.8 Å². The molecule has 2 aliphatic heterocycles. The lowest BCUT2D eigenvalue weighted by molar-refractivity contribution is 0.309. The first-order chi connectivity index (χ1) is 10.5. The maximum Gasteiger partial charge on any atom is 0.193 e. The summed E-state index contributed by atoms with van der Waals surface area (Å²) in [6.45, 7) is 5.82. The summed E-state index contributed by atoms with van der Waals surface area (Å²) >= 11 is 0. The van der Waals surface area contributed by atoms with Gasteiger partial charge in [0.05, 0.1) is 11.5 Å². The van der Waals surface area contributed by atoms with Crippen LogP contribution in [0.3, 0.4) is 0 Å². The first kappa shape index (κ1) is 19.3. The highest BCUT2D eigenvalue weighted by Gasteiger charge is 2.41. The van der Waals surface area contributed by atoms with Crippen molar-refractivity contribution in [3.8, 4) is 0 Å². The third kappa shape index (κ3) is 4.74. The van der Waals surface area contributed by atoms with Crippen LogP contribution in [0.4, 0.5) is 0 Å². The zero-order valence-electron chi connectivity index (χ0n) is 14.1. The van der Waals surface area contributed by atoms with Crippen LogP contribution in [0.2, 0.25) is 0 Å². The summed E-state index contributed by atoms with van der Waals surface area (Å²) in [5.74, 6) is 1.87. The summed E-state index contributed by atoms with van der Waals surface area (Å²) in [7, 11) is -2.80. The molecule has 0 aromatic rings. The highest BCUT2D eigenvalue weighted by molar-refractivity contribution is 14.0. The zero-order chi connectivity index (χ0) is 15.6. The van der Waals surface area contributed by atoms with Gasteiger partial charge in [-0.1, -0.05) is 12.8 Å². The van der Waals surface area contributed by atoms with Gasteiger partial charge in [-0.25, -0.2) is 8.42 Å². The quantitative estimate of drug-likeness (QED) is 0.403. The molecule has 3 aliphatic rings. The SMILES string of the molecule is CCNC(=NCC1CCS(=O)(=O)C1)N1CCC2(CCCC2)C1.I. The Kier molecular flexibility index (Phi) is 6.61. The molecule has 1 N–H and O–H groups in total. The molecule has 23 heavy (non-hydrogen) atoms. The predicted molar refractivity (Wildman–Crippen MR) is 105 cm³/mol. The highest BCUT2D eigenvalue weighted by atomic mass is 127. The molecule has 3 fully saturated rings. The zero-order valence-corrected chi connectivity index (χ0v) is 17.2. The van der Waals surface area contributed by atoms with Gasteiger partial charge in [-0.3, -0.25) is 4.99 Å². The van der Waals surface area contributed by atoms with Crippen molar-refractivity contribution in [3.63, 3.8) is 0 Å². The van der Waals surface area contributed by atoms with Crippen LogP contribution in [0.15, 0.2) is 4.99 Å². The van der Waals surface area contributed by atoms with Crippen molar-refractivity contribution in [2.75, 3.05) is 37.7 Å². The van der Waals surface area contributed by atoms with Gasteiger partial charge < -0.3 is 10.2 Å². The van der Waals surface area contributed by atoms with E-state index in [1.54, 1.807) is 0 Å². The second kappa shape index (κ2) is 7.89. The number of nitrogens with one attached hydrogen (secondary N) is 1. The van der Waals surface area contributed by atoms with Crippen LogP contribution in [0.1, 0.15) is 45.4 Å². The van der Waals surface area contributed by atoms with E-state index in [0.29, 0.717) is 23.5 Å². The van der Waals surface area contributed by atoms with E-state index < -0.39 is 9.84 Å². The smallest absolute Gasteiger partial charge is 0.193 e. The fourth-order valence-corrected chi connectivity index (χ4v) is 6.16. The minimum atomic E-state index is -2.80. The second-order valence-corrected chi connectivity index (χ2v) is 9.57. The van der Waals surface area contributed by atoms with Gasteiger partial charge in [-0.2, -0.15) is 0 Å². The van der Waals surface area contributed by atoms with Crippen molar-refractivity contribution in [3.05, 3.63) is 0 Å². The van der Waals surface area contributed by atoms with Crippen LogP contribution in [0.5, 0.6) is 0 Å². The number of sulfone groups is 1. The van der Waals surface area contributed by atoms with Crippen molar-refractivity contribution in [1.82, 2.24) is 10.2 Å². The molecule has 0 bridgehead atoms. The Morgan fingerprint density at radius 2 is 2.04 bits per heavy atom. The molecule has 2 saturated heterocycles. The molecule has 2 heterocycles. The largest absolute Gasteiger partial charge is 0.357 e. The first-order valence-corrected chi connectivity index (χ1v) is 10.6. The van der Waals surface area contributed by atoms with Gasteiger partial charge in [0.25, 0.3) is 0 Å². The number of rotatable bonds is 3. The fraction of sp³-hybridized carbons (Fsp3) is 0.938. The lowest BCUT2D eigenvalue weighted by Crippen LogP contribution is -2.41. The number of hydrogen-bond donors (Lipinski definition) is 1. The van der Waals surface area contributed by atoms with Crippen molar-refractivity contribution < 1.29 is 8.42 Å². The Hall–Kier alpha value is -0.0500. The minimum absolute atomic E-state index is 0. The maximum absolute atomic E-state index is 11.6. The number of guanidine groups is 1. The van der Waals surface area contributed by atoms with E-state index in [0.717, 1.165) is 32.0 Å². The second-order valence-electron chi connectivity index (χ2n) is 7.34. The number of nitrogens with zero attached hydrogens (tertiary/aromatic N) is 2. The Morgan fingerprint density at radius 1 is 1.30 bits per heavy atom. The summed E-state index contributed by atoms with van der Waals surface area (Å²) < 4.78 is 23.1. The maximum atomic E-state index is 11.6. The van der Waals surface area contributed by atoms with Gasteiger partial charge in [-0.15, -0.1) is 24.0 Å². The summed E-state index contributed by atoms with van der Waals surface area (Å²) in [6, 6.07) is 0. The standard InChI is InChI=1S/C16H29N3O2S.HI/c1-2-17-15(18-11-14-5-10-22(20,21)12-14)19-9-8-16(13-19)6-3-4-7-16;/h14H,2-13H2,1H3,(H,17,18);1H. The summed E-state index contributed by atoms with van der Waals surface area (Å²) in [5.41, 5.74) is 0.535. The number of likely N-dealkylation sites (tertiary alicyclic amines) is 1. The van der Waals surface area contributed by atoms with Crippen LogP contribution >= 0.6 is 24.0 Å². The van der Waals surface area contributed by atoms with Crippen LogP contribution < -0.4 is 5.32 Å². The fourth-order valence-electron chi connectivity index (χ4n) is 4.31. The average molecular weight is 455 g/mol. The van der Waals surface area contributed by atoms with Gasteiger partial charge in [0.1, 0.15) is 0 Å². The number of halogens is 1. The van der Waals surface area contributed by atoms with Crippen LogP contribution in [0, 0.1) is 11.3 Å². The van der Waals surface area contributed by atoms with Gasteiger partial charge in [-0.05, 0) is 43.9 Å². The van der Waals surface area contributed by atoms with Gasteiger partial charge in [0, 0.05) is 26.2 Å². The van der Waals surface area contributed by atoms with E-state index in [1.165, 1.54) is 32.1 Å². The highest BCUT2D eigenvalue weighted by Crippen LogP contribution is 2.45. The van der Waals surface area contributed by atoms with Crippen molar-refractivity contribution >= 4 is 39.8 Å². The van der Waals surface area contributed by atoms with E-state index in [4.69, 9.17) is 4.99 Å². The normalized spacial score (nSPS) is 29.0. The van der Waals surface area contributed by atoms with E-state index in [-0.39, 0.29) is 29.9 Å². The van der Waals surface area contributed by atoms with E-state index in [2.05, 4.69) is 17.1 Å². The van der Waals surface area contributed by atoms with E-state index >= 15 is 0 Å². The van der Waals surface area contributed by atoms with Gasteiger partial charge in [0.15, 0.2) is 15.8 Å². The van der Waals surface area contributed by atoms with Gasteiger partial charge in [0.2, 0.25) is 0 Å². The summed E-state index contributed by atoms with van der Waals surface area (Å²) in [5, 5.41) is 3.40. The summed E-state index contributed by atoms with van der Waals surface area (Å²) in [4.78, 5) is 7.17. The molecule has 0 aromatic carbocycles. The first-order valence-electron chi connectivity index (χ1n) is 8.76. The Morgan fingerprint density at radius 3 is 2.65 bits per heavy atom. The third-order valence-electron chi connectivity index (χ3n) is 5.56. The molecule has 0 radical (unpaired) electrons. The average Bonchev–Trinajstić information content (AvgIpc) is 3.18. The van der Waals surface area contributed by atoms with Crippen molar-refractivity contribution in [2.24, 2.45) is 16.3 Å². The monoisotopic (exact) mass is 455 g/mol. The van der Waals surface area contributed by atoms with Crippen molar-refractivity contribution in [1.29, 1.82) is 0 Å². The minimum Gasteiger partial charge on any atom is -0.357 e. The molecule has 1 aliphatic carbocycles. The molecule has 1 unspecified atom stereocenters. The molecule has 134 valence electrons. The lowest BCUT2D eigenvalue weighted by atomic mass is 9.86. The van der Waals surface area contributed by atoms with Gasteiger partial charge >= 0.3 is 0 Å². The number of aliphatic imine (C=N–C) groups is 1. The molecule has 3 rings (SSSR count). The van der Waals surface area contributed by atoms with Crippen LogP contribution in [-0.4, -0.2) is 57.0 Å².